The topological polar surface area (TPSA) is 82.5 Å². The van der Waals surface area contributed by atoms with E-state index in [-0.39, 0.29) is 17.4 Å². The molecule has 0 radical (unpaired) electrons. The first-order valence-corrected chi connectivity index (χ1v) is 6.45. The van der Waals surface area contributed by atoms with Gasteiger partial charge in [0.25, 0.3) is 0 Å². The molecular weight excluding hydrogens is 305 g/mol. The highest BCUT2D eigenvalue weighted by Crippen LogP contribution is 2.22. The van der Waals surface area contributed by atoms with Crippen molar-refractivity contribution in [2.75, 3.05) is 18.9 Å². The molecule has 0 aliphatic heterocycles. The SMILES string of the molecule is CN(CC(=O)Nc1ncc(Cl)cc1Cl)C(C)(C)C(=O)O. The van der Waals surface area contributed by atoms with Crippen LogP contribution in [-0.4, -0.2) is 46.0 Å². The number of carboxylic acid groups (broad SMARTS) is 1. The van der Waals surface area contributed by atoms with Crippen molar-refractivity contribution in [1.82, 2.24) is 9.88 Å². The monoisotopic (exact) mass is 319 g/mol. The quantitative estimate of drug-likeness (QED) is 0.868. The number of carbonyl (C=O) groups is 2. The maximum absolute atomic E-state index is 11.9. The van der Waals surface area contributed by atoms with Gasteiger partial charge in [0.1, 0.15) is 5.54 Å². The van der Waals surface area contributed by atoms with Gasteiger partial charge in [0.05, 0.1) is 16.6 Å². The lowest BCUT2D eigenvalue weighted by atomic mass is 10.0. The second-order valence-electron chi connectivity index (χ2n) is 4.75. The smallest absolute Gasteiger partial charge is 0.323 e. The van der Waals surface area contributed by atoms with Gasteiger partial charge in [0.15, 0.2) is 5.82 Å². The van der Waals surface area contributed by atoms with Crippen LogP contribution in [0.15, 0.2) is 12.3 Å². The molecule has 0 aromatic carbocycles. The van der Waals surface area contributed by atoms with Gasteiger partial charge in [-0.15, -0.1) is 0 Å². The van der Waals surface area contributed by atoms with Crippen molar-refractivity contribution in [3.8, 4) is 0 Å². The van der Waals surface area contributed by atoms with Gasteiger partial charge < -0.3 is 10.4 Å². The first-order chi connectivity index (χ1) is 9.14. The molecule has 20 heavy (non-hydrogen) atoms. The van der Waals surface area contributed by atoms with Crippen molar-refractivity contribution in [3.63, 3.8) is 0 Å². The zero-order chi connectivity index (χ0) is 15.5. The van der Waals surface area contributed by atoms with Crippen molar-refractivity contribution in [3.05, 3.63) is 22.3 Å². The van der Waals surface area contributed by atoms with Gasteiger partial charge in [0, 0.05) is 6.20 Å². The summed E-state index contributed by atoms with van der Waals surface area (Å²) in [6.07, 6.45) is 1.36. The van der Waals surface area contributed by atoms with E-state index >= 15 is 0 Å². The number of hydrogen-bond acceptors (Lipinski definition) is 4. The summed E-state index contributed by atoms with van der Waals surface area (Å²) in [5.41, 5.74) is -1.16. The summed E-state index contributed by atoms with van der Waals surface area (Å²) < 4.78 is 0. The van der Waals surface area contributed by atoms with Crippen LogP contribution in [0.2, 0.25) is 10.0 Å². The largest absolute Gasteiger partial charge is 0.480 e. The number of amides is 1. The minimum absolute atomic E-state index is 0.111. The zero-order valence-electron chi connectivity index (χ0n) is 11.3. The molecule has 6 nitrogen and oxygen atoms in total. The minimum Gasteiger partial charge on any atom is -0.480 e. The van der Waals surface area contributed by atoms with Crippen LogP contribution in [0.4, 0.5) is 5.82 Å². The normalized spacial score (nSPS) is 11.5. The Morgan fingerprint density at radius 1 is 1.45 bits per heavy atom. The molecule has 0 aliphatic carbocycles. The molecule has 0 unspecified atom stereocenters. The standard InChI is InChI=1S/C12H15Cl2N3O3/c1-12(2,11(19)20)17(3)6-9(18)16-10-8(14)4-7(13)5-15-10/h4-5H,6H2,1-3H3,(H,19,20)(H,15,16,18). The average molecular weight is 320 g/mol. The number of anilines is 1. The lowest BCUT2D eigenvalue weighted by Gasteiger charge is -2.30. The Labute approximate surface area is 126 Å². The molecule has 1 rings (SSSR count). The van der Waals surface area contributed by atoms with Crippen LogP contribution in [0.3, 0.4) is 0 Å². The molecule has 1 aromatic rings. The number of carbonyl (C=O) groups excluding carboxylic acids is 1. The number of rotatable bonds is 5. The number of nitrogens with one attached hydrogen (secondary N) is 1. The molecule has 0 atom stereocenters. The van der Waals surface area contributed by atoms with Crippen molar-refractivity contribution in [2.24, 2.45) is 0 Å². The molecule has 110 valence electrons. The molecule has 1 heterocycles. The summed E-state index contributed by atoms with van der Waals surface area (Å²) in [7, 11) is 1.55. The zero-order valence-corrected chi connectivity index (χ0v) is 12.8. The average Bonchev–Trinajstić information content (AvgIpc) is 2.32. The fourth-order valence-corrected chi connectivity index (χ4v) is 1.68. The summed E-state index contributed by atoms with van der Waals surface area (Å²) in [5, 5.41) is 12.1. The van der Waals surface area contributed by atoms with Crippen molar-refractivity contribution in [1.29, 1.82) is 0 Å². The first-order valence-electron chi connectivity index (χ1n) is 5.70. The van der Waals surface area contributed by atoms with E-state index in [9.17, 15) is 9.59 Å². The number of pyridine rings is 1. The van der Waals surface area contributed by atoms with E-state index in [1.807, 2.05) is 0 Å². The van der Waals surface area contributed by atoms with Crippen LogP contribution >= 0.6 is 23.2 Å². The van der Waals surface area contributed by atoms with E-state index in [0.29, 0.717) is 5.02 Å². The molecular formula is C12H15Cl2N3O3. The highest BCUT2D eigenvalue weighted by atomic mass is 35.5. The molecule has 8 heteroatoms. The summed E-state index contributed by atoms with van der Waals surface area (Å²) in [5.74, 6) is -1.25. The third kappa shape index (κ3) is 4.06. The number of nitrogens with zero attached hydrogens (tertiary/aromatic N) is 2. The van der Waals surface area contributed by atoms with Gasteiger partial charge in [-0.25, -0.2) is 4.98 Å². The van der Waals surface area contributed by atoms with E-state index in [1.165, 1.54) is 31.0 Å². The van der Waals surface area contributed by atoms with Crippen molar-refractivity contribution >= 4 is 40.9 Å². The van der Waals surface area contributed by atoms with Gasteiger partial charge >= 0.3 is 5.97 Å². The highest BCUT2D eigenvalue weighted by molar-refractivity contribution is 6.36. The van der Waals surface area contributed by atoms with E-state index in [4.69, 9.17) is 28.3 Å². The predicted octanol–water partition coefficient (Wildman–Crippen LogP) is 2.12. The first kappa shape index (κ1) is 16.7. The Balaban J connectivity index is 2.71. The Bertz CT molecular complexity index is 535. The minimum atomic E-state index is -1.16. The lowest BCUT2D eigenvalue weighted by molar-refractivity contribution is -0.148. The van der Waals surface area contributed by atoms with Gasteiger partial charge in [-0.05, 0) is 27.0 Å². The fraction of sp³-hybridized carbons (Fsp3) is 0.417. The number of carboxylic acids is 1. The summed E-state index contributed by atoms with van der Waals surface area (Å²) in [4.78, 5) is 28.2. The number of halogens is 2. The van der Waals surface area contributed by atoms with Gasteiger partial charge in [0.2, 0.25) is 5.91 Å². The molecule has 0 bridgehead atoms. The predicted molar refractivity (Wildman–Crippen MR) is 77.2 cm³/mol. The number of aliphatic carboxylic acids is 1. The summed E-state index contributed by atoms with van der Waals surface area (Å²) in [6.45, 7) is 2.91. The molecule has 2 N–H and O–H groups in total. The molecule has 0 saturated carbocycles. The molecule has 0 saturated heterocycles. The fourth-order valence-electron chi connectivity index (χ4n) is 1.25. The second kappa shape index (κ2) is 6.39. The van der Waals surface area contributed by atoms with Crippen LogP contribution < -0.4 is 5.32 Å². The molecule has 0 fully saturated rings. The van der Waals surface area contributed by atoms with E-state index < -0.39 is 17.4 Å². The highest BCUT2D eigenvalue weighted by Gasteiger charge is 2.33. The van der Waals surface area contributed by atoms with E-state index in [1.54, 1.807) is 7.05 Å². The third-order valence-electron chi connectivity index (χ3n) is 2.92. The Morgan fingerprint density at radius 3 is 2.55 bits per heavy atom. The molecule has 0 spiro atoms. The lowest BCUT2D eigenvalue weighted by Crippen LogP contribution is -2.50. The Kier molecular flexibility index (Phi) is 5.33. The van der Waals surface area contributed by atoms with Gasteiger partial charge in [-0.2, -0.15) is 0 Å². The Morgan fingerprint density at radius 2 is 2.05 bits per heavy atom. The van der Waals surface area contributed by atoms with Gasteiger partial charge in [-0.1, -0.05) is 23.2 Å². The maximum Gasteiger partial charge on any atom is 0.323 e. The summed E-state index contributed by atoms with van der Waals surface area (Å²) >= 11 is 11.6. The van der Waals surface area contributed by atoms with Crippen LogP contribution in [0.1, 0.15) is 13.8 Å². The van der Waals surface area contributed by atoms with E-state index in [2.05, 4.69) is 10.3 Å². The molecule has 1 amide bonds. The third-order valence-corrected chi connectivity index (χ3v) is 3.42. The maximum atomic E-state index is 11.9. The molecule has 1 aromatic heterocycles. The van der Waals surface area contributed by atoms with Crippen LogP contribution in [0, 0.1) is 0 Å². The second-order valence-corrected chi connectivity index (χ2v) is 5.60. The number of aromatic nitrogens is 1. The van der Waals surface area contributed by atoms with Crippen LogP contribution in [0.5, 0.6) is 0 Å². The Hall–Kier alpha value is -1.37. The number of likely N-dealkylation sites (N-methyl/N-ethyl adjacent to an activating group) is 1. The van der Waals surface area contributed by atoms with Crippen molar-refractivity contribution < 1.29 is 14.7 Å². The van der Waals surface area contributed by atoms with Gasteiger partial charge in [-0.3, -0.25) is 14.5 Å². The van der Waals surface area contributed by atoms with Crippen molar-refractivity contribution in [2.45, 2.75) is 19.4 Å². The van der Waals surface area contributed by atoms with Crippen LogP contribution in [-0.2, 0) is 9.59 Å². The number of hydrogen-bond donors (Lipinski definition) is 2. The molecule has 0 aliphatic rings. The van der Waals surface area contributed by atoms with E-state index in [0.717, 1.165) is 0 Å². The summed E-state index contributed by atoms with van der Waals surface area (Å²) in [6, 6.07) is 1.45. The van der Waals surface area contributed by atoms with Crippen LogP contribution in [0.25, 0.3) is 0 Å².